The predicted octanol–water partition coefficient (Wildman–Crippen LogP) is 1.92. The van der Waals surface area contributed by atoms with Gasteiger partial charge in [-0.3, -0.25) is 9.59 Å². The lowest BCUT2D eigenvalue weighted by molar-refractivity contribution is -0.147. The van der Waals surface area contributed by atoms with Crippen molar-refractivity contribution in [3.63, 3.8) is 0 Å². The number of piperidine rings is 1. The maximum Gasteiger partial charge on any atom is 0.308 e. The zero-order valence-corrected chi connectivity index (χ0v) is 11.8. The molecule has 1 atom stereocenters. The minimum Gasteiger partial charge on any atom is -0.481 e. The second kappa shape index (κ2) is 6.14. The highest BCUT2D eigenvalue weighted by molar-refractivity contribution is 7.09. The van der Waals surface area contributed by atoms with Crippen LogP contribution in [0.25, 0.3) is 0 Å². The fourth-order valence-electron chi connectivity index (χ4n) is 2.22. The molecule has 0 bridgehead atoms. The van der Waals surface area contributed by atoms with Gasteiger partial charge in [-0.1, -0.05) is 6.92 Å². The molecule has 5 nitrogen and oxygen atoms in total. The lowest BCUT2D eigenvalue weighted by Crippen LogP contribution is -2.42. The van der Waals surface area contributed by atoms with E-state index in [1.807, 2.05) is 5.38 Å². The number of thiazole rings is 1. The fraction of sp³-hybridized carbons (Fsp3) is 0.615. The SMILES string of the molecule is CCCc1nc(CN2CC(C(=O)O)CCC2=O)cs1. The standard InChI is InChI=1S/C13H18N2O3S/c1-2-3-11-14-10(8-19-11)7-15-6-9(13(17)18)4-5-12(15)16/h8-9H,2-7H2,1H3,(H,17,18). The quantitative estimate of drug-likeness (QED) is 0.895. The number of carboxylic acid groups (broad SMARTS) is 1. The Morgan fingerprint density at radius 2 is 2.42 bits per heavy atom. The van der Waals surface area contributed by atoms with Crippen LogP contribution in [-0.2, 0) is 22.6 Å². The highest BCUT2D eigenvalue weighted by atomic mass is 32.1. The molecule has 104 valence electrons. The number of aliphatic carboxylic acids is 1. The van der Waals surface area contributed by atoms with E-state index < -0.39 is 11.9 Å². The average molecular weight is 282 g/mol. The zero-order chi connectivity index (χ0) is 13.8. The van der Waals surface area contributed by atoms with E-state index in [9.17, 15) is 9.59 Å². The molecule has 1 aliphatic rings. The van der Waals surface area contributed by atoms with E-state index in [1.54, 1.807) is 16.2 Å². The molecule has 1 aliphatic heterocycles. The van der Waals surface area contributed by atoms with Gasteiger partial charge < -0.3 is 10.0 Å². The second-order valence-electron chi connectivity index (χ2n) is 4.83. The summed E-state index contributed by atoms with van der Waals surface area (Å²) in [6.45, 7) is 2.84. The summed E-state index contributed by atoms with van der Waals surface area (Å²) in [6.07, 6.45) is 2.78. The van der Waals surface area contributed by atoms with Gasteiger partial charge in [0.15, 0.2) is 0 Å². The van der Waals surface area contributed by atoms with Crippen LogP contribution in [0.1, 0.15) is 36.9 Å². The Kier molecular flexibility index (Phi) is 4.52. The van der Waals surface area contributed by atoms with Crippen molar-refractivity contribution in [1.82, 2.24) is 9.88 Å². The molecule has 1 saturated heterocycles. The maximum atomic E-state index is 11.8. The van der Waals surface area contributed by atoms with Gasteiger partial charge in [0.1, 0.15) is 0 Å². The van der Waals surface area contributed by atoms with Crippen LogP contribution in [0.15, 0.2) is 5.38 Å². The highest BCUT2D eigenvalue weighted by Gasteiger charge is 2.30. The number of rotatable bonds is 5. The van der Waals surface area contributed by atoms with Crippen LogP contribution in [0.5, 0.6) is 0 Å². The molecule has 0 aliphatic carbocycles. The predicted molar refractivity (Wildman–Crippen MR) is 71.9 cm³/mol. The Hall–Kier alpha value is -1.43. The van der Waals surface area contributed by atoms with Crippen molar-refractivity contribution in [2.45, 2.75) is 39.2 Å². The van der Waals surface area contributed by atoms with E-state index in [-0.39, 0.29) is 5.91 Å². The summed E-state index contributed by atoms with van der Waals surface area (Å²) in [5.74, 6) is -1.23. The first-order valence-corrected chi connectivity index (χ1v) is 7.42. The van der Waals surface area contributed by atoms with E-state index in [4.69, 9.17) is 5.11 Å². The molecule has 0 spiro atoms. The number of aromatic nitrogens is 1. The fourth-order valence-corrected chi connectivity index (χ4v) is 3.11. The number of hydrogen-bond donors (Lipinski definition) is 1. The summed E-state index contributed by atoms with van der Waals surface area (Å²) in [5.41, 5.74) is 0.868. The van der Waals surface area contributed by atoms with E-state index in [2.05, 4.69) is 11.9 Å². The van der Waals surface area contributed by atoms with E-state index in [1.165, 1.54) is 0 Å². The highest BCUT2D eigenvalue weighted by Crippen LogP contribution is 2.21. The smallest absolute Gasteiger partial charge is 0.308 e. The molecule has 0 radical (unpaired) electrons. The third-order valence-corrected chi connectivity index (χ3v) is 4.22. The number of amides is 1. The van der Waals surface area contributed by atoms with Crippen LogP contribution in [0.2, 0.25) is 0 Å². The van der Waals surface area contributed by atoms with Crippen molar-refractivity contribution in [3.05, 3.63) is 16.1 Å². The van der Waals surface area contributed by atoms with E-state index in [0.717, 1.165) is 23.5 Å². The number of aryl methyl sites for hydroxylation is 1. The van der Waals surface area contributed by atoms with Gasteiger partial charge in [-0.2, -0.15) is 0 Å². The summed E-state index contributed by atoms with van der Waals surface area (Å²) in [7, 11) is 0. The van der Waals surface area contributed by atoms with Crippen molar-refractivity contribution < 1.29 is 14.7 Å². The Labute approximate surface area is 116 Å². The first-order chi connectivity index (χ1) is 9.10. The van der Waals surface area contributed by atoms with Gasteiger partial charge >= 0.3 is 5.97 Å². The number of nitrogens with zero attached hydrogens (tertiary/aromatic N) is 2. The van der Waals surface area contributed by atoms with Crippen molar-refractivity contribution in [2.24, 2.45) is 5.92 Å². The molecule has 2 heterocycles. The van der Waals surface area contributed by atoms with Gasteiger partial charge in [0.2, 0.25) is 5.91 Å². The monoisotopic (exact) mass is 282 g/mol. The molecular formula is C13H18N2O3S. The molecule has 19 heavy (non-hydrogen) atoms. The molecule has 6 heteroatoms. The summed E-state index contributed by atoms with van der Waals surface area (Å²) in [6, 6.07) is 0. The molecule has 1 aromatic heterocycles. The van der Waals surface area contributed by atoms with Crippen LogP contribution < -0.4 is 0 Å². The van der Waals surface area contributed by atoms with Gasteiger partial charge in [-0.15, -0.1) is 11.3 Å². The van der Waals surface area contributed by atoms with Gasteiger partial charge in [-0.25, -0.2) is 4.98 Å². The van der Waals surface area contributed by atoms with Gasteiger partial charge in [0, 0.05) is 18.3 Å². The van der Waals surface area contributed by atoms with E-state index in [0.29, 0.717) is 25.9 Å². The van der Waals surface area contributed by atoms with Gasteiger partial charge in [-0.05, 0) is 19.3 Å². The van der Waals surface area contributed by atoms with Crippen LogP contribution in [-0.4, -0.2) is 33.4 Å². The van der Waals surface area contributed by atoms with Crippen molar-refractivity contribution in [2.75, 3.05) is 6.54 Å². The van der Waals surface area contributed by atoms with Crippen LogP contribution in [0.3, 0.4) is 0 Å². The minimum atomic E-state index is -0.817. The molecular weight excluding hydrogens is 264 g/mol. The Balaban J connectivity index is 1.99. The minimum absolute atomic E-state index is 0.0301. The Morgan fingerprint density at radius 3 is 3.11 bits per heavy atom. The molecule has 2 rings (SSSR count). The number of carbonyl (C=O) groups excluding carboxylic acids is 1. The topological polar surface area (TPSA) is 70.5 Å². The molecule has 1 unspecified atom stereocenters. The normalized spacial score (nSPS) is 19.7. The Bertz CT molecular complexity index is 472. The van der Waals surface area contributed by atoms with Crippen molar-refractivity contribution in [3.8, 4) is 0 Å². The second-order valence-corrected chi connectivity index (χ2v) is 5.77. The van der Waals surface area contributed by atoms with Crippen LogP contribution >= 0.6 is 11.3 Å². The zero-order valence-electron chi connectivity index (χ0n) is 11.0. The molecule has 1 fully saturated rings. The summed E-state index contributed by atoms with van der Waals surface area (Å²) in [4.78, 5) is 28.9. The summed E-state index contributed by atoms with van der Waals surface area (Å²) >= 11 is 1.61. The van der Waals surface area contributed by atoms with Crippen molar-refractivity contribution in [1.29, 1.82) is 0 Å². The first kappa shape index (κ1) is 14.0. The van der Waals surface area contributed by atoms with Gasteiger partial charge in [0.05, 0.1) is 23.2 Å². The molecule has 0 aromatic carbocycles. The Morgan fingerprint density at radius 1 is 1.63 bits per heavy atom. The van der Waals surface area contributed by atoms with Crippen LogP contribution in [0.4, 0.5) is 0 Å². The molecule has 0 saturated carbocycles. The molecule has 1 aromatic rings. The van der Waals surface area contributed by atoms with E-state index >= 15 is 0 Å². The number of carboxylic acids is 1. The largest absolute Gasteiger partial charge is 0.481 e. The number of carbonyl (C=O) groups is 2. The summed E-state index contributed by atoms with van der Waals surface area (Å²) < 4.78 is 0. The number of hydrogen-bond acceptors (Lipinski definition) is 4. The van der Waals surface area contributed by atoms with Crippen LogP contribution in [0, 0.1) is 5.92 Å². The molecule has 1 N–H and O–H groups in total. The van der Waals surface area contributed by atoms with Crippen molar-refractivity contribution >= 4 is 23.2 Å². The molecule has 1 amide bonds. The van der Waals surface area contributed by atoms with Gasteiger partial charge in [0.25, 0.3) is 0 Å². The lowest BCUT2D eigenvalue weighted by Gasteiger charge is -2.30. The number of likely N-dealkylation sites (tertiary alicyclic amines) is 1. The average Bonchev–Trinajstić information content (AvgIpc) is 2.80. The first-order valence-electron chi connectivity index (χ1n) is 6.54. The third kappa shape index (κ3) is 3.53. The third-order valence-electron chi connectivity index (χ3n) is 3.27. The lowest BCUT2D eigenvalue weighted by atomic mass is 9.98. The maximum absolute atomic E-state index is 11.8. The summed E-state index contributed by atoms with van der Waals surface area (Å²) in [5, 5.41) is 12.1.